The van der Waals surface area contributed by atoms with Crippen LogP contribution in [0.15, 0.2) is 0 Å². The van der Waals surface area contributed by atoms with Crippen LogP contribution in [0.25, 0.3) is 0 Å². The Kier molecular flexibility index (Phi) is 5.08. The molecule has 2 fully saturated rings. The van der Waals surface area contributed by atoms with Crippen LogP contribution in [-0.4, -0.2) is 36.1 Å². The van der Waals surface area contributed by atoms with Gasteiger partial charge in [-0.05, 0) is 57.0 Å². The summed E-state index contributed by atoms with van der Waals surface area (Å²) in [6, 6.07) is 2.41. The molecule has 0 aromatic heterocycles. The van der Waals surface area contributed by atoms with Crippen LogP contribution < -0.4 is 5.32 Å². The van der Waals surface area contributed by atoms with E-state index >= 15 is 0 Å². The van der Waals surface area contributed by atoms with Gasteiger partial charge in [0.1, 0.15) is 0 Å². The van der Waals surface area contributed by atoms with E-state index in [9.17, 15) is 0 Å². The van der Waals surface area contributed by atoms with E-state index in [4.69, 9.17) is 0 Å². The molecule has 1 N–H and O–H groups in total. The van der Waals surface area contributed by atoms with Crippen LogP contribution in [0.2, 0.25) is 0 Å². The predicted octanol–water partition coefficient (Wildman–Crippen LogP) is 3.27. The Labute approximate surface area is 114 Å². The molecule has 2 aliphatic carbocycles. The molecule has 0 saturated heterocycles. The fraction of sp³-hybridized carbons (Fsp3) is 1.00. The van der Waals surface area contributed by atoms with Crippen molar-refractivity contribution in [3.8, 4) is 0 Å². The van der Waals surface area contributed by atoms with Gasteiger partial charge in [0, 0.05) is 18.1 Å². The van der Waals surface area contributed by atoms with Gasteiger partial charge in [0.15, 0.2) is 0 Å². The second-order valence-corrected chi connectivity index (χ2v) is 6.67. The topological polar surface area (TPSA) is 15.3 Å². The van der Waals surface area contributed by atoms with E-state index in [0.29, 0.717) is 0 Å². The lowest BCUT2D eigenvalue weighted by Gasteiger charge is -2.46. The minimum absolute atomic E-state index is 0.726. The van der Waals surface area contributed by atoms with Crippen molar-refractivity contribution in [1.82, 2.24) is 10.2 Å². The van der Waals surface area contributed by atoms with Gasteiger partial charge in [0.25, 0.3) is 0 Å². The number of nitrogens with one attached hydrogen (secondary N) is 1. The van der Waals surface area contributed by atoms with Crippen molar-refractivity contribution in [2.24, 2.45) is 11.8 Å². The van der Waals surface area contributed by atoms with Gasteiger partial charge < -0.3 is 5.32 Å². The molecule has 0 bridgehead atoms. The third kappa shape index (κ3) is 3.27. The molecular weight excluding hydrogens is 220 g/mol. The highest BCUT2D eigenvalue weighted by molar-refractivity contribution is 4.98. The first kappa shape index (κ1) is 14.3. The van der Waals surface area contributed by atoms with Crippen molar-refractivity contribution in [2.75, 3.05) is 13.1 Å². The molecule has 0 spiro atoms. The van der Waals surface area contributed by atoms with Crippen LogP contribution in [0.1, 0.15) is 59.8 Å². The minimum Gasteiger partial charge on any atom is -0.312 e. The summed E-state index contributed by atoms with van der Waals surface area (Å²) in [6.07, 6.45) is 6.91. The second kappa shape index (κ2) is 6.38. The number of rotatable bonds is 6. The summed E-state index contributed by atoms with van der Waals surface area (Å²) in [6.45, 7) is 11.9. The summed E-state index contributed by atoms with van der Waals surface area (Å²) in [5, 5.41) is 3.84. The standard InChI is InChI=1S/C16H32N2/c1-5-9-17-15-11-12(3)10-13(4)16(15)18(6-2)14-7-8-14/h12-17H,5-11H2,1-4H3. The maximum atomic E-state index is 3.84. The van der Waals surface area contributed by atoms with E-state index in [-0.39, 0.29) is 0 Å². The summed E-state index contributed by atoms with van der Waals surface area (Å²) in [5.74, 6) is 1.74. The molecule has 106 valence electrons. The molecule has 0 amide bonds. The summed E-state index contributed by atoms with van der Waals surface area (Å²) < 4.78 is 0. The van der Waals surface area contributed by atoms with Gasteiger partial charge in [-0.3, -0.25) is 4.90 Å². The summed E-state index contributed by atoms with van der Waals surface area (Å²) in [5.41, 5.74) is 0. The fourth-order valence-electron chi connectivity index (χ4n) is 4.05. The largest absolute Gasteiger partial charge is 0.312 e. The molecule has 18 heavy (non-hydrogen) atoms. The van der Waals surface area contributed by atoms with Gasteiger partial charge in [0.05, 0.1) is 0 Å². The minimum atomic E-state index is 0.726. The van der Waals surface area contributed by atoms with Gasteiger partial charge in [-0.25, -0.2) is 0 Å². The highest BCUT2D eigenvalue weighted by Gasteiger charge is 2.41. The summed E-state index contributed by atoms with van der Waals surface area (Å²) in [7, 11) is 0. The van der Waals surface area contributed by atoms with Gasteiger partial charge in [-0.1, -0.05) is 27.7 Å². The molecule has 0 aromatic carbocycles. The lowest BCUT2D eigenvalue weighted by atomic mass is 9.75. The van der Waals surface area contributed by atoms with Crippen LogP contribution >= 0.6 is 0 Å². The molecule has 2 aliphatic rings. The Hall–Kier alpha value is -0.0800. The maximum absolute atomic E-state index is 3.84. The molecule has 2 rings (SSSR count). The molecule has 0 aliphatic heterocycles. The first-order valence-corrected chi connectivity index (χ1v) is 8.16. The van der Waals surface area contributed by atoms with Crippen LogP contribution in [-0.2, 0) is 0 Å². The smallest absolute Gasteiger partial charge is 0.0277 e. The van der Waals surface area contributed by atoms with Crippen LogP contribution in [0.4, 0.5) is 0 Å². The van der Waals surface area contributed by atoms with Crippen LogP contribution in [0, 0.1) is 11.8 Å². The Morgan fingerprint density at radius 1 is 1.11 bits per heavy atom. The van der Waals surface area contributed by atoms with E-state index in [2.05, 4.69) is 37.9 Å². The van der Waals surface area contributed by atoms with Gasteiger partial charge in [-0.15, -0.1) is 0 Å². The maximum Gasteiger partial charge on any atom is 0.0277 e. The third-order valence-electron chi connectivity index (χ3n) is 4.85. The Bertz CT molecular complexity index is 249. The van der Waals surface area contributed by atoms with Gasteiger partial charge in [0.2, 0.25) is 0 Å². The quantitative estimate of drug-likeness (QED) is 0.780. The molecule has 2 saturated carbocycles. The molecule has 4 atom stereocenters. The van der Waals surface area contributed by atoms with Crippen molar-refractivity contribution >= 4 is 0 Å². The molecule has 0 radical (unpaired) electrons. The van der Waals surface area contributed by atoms with Crippen molar-refractivity contribution < 1.29 is 0 Å². The average Bonchev–Trinajstić information content (AvgIpc) is 3.14. The highest BCUT2D eigenvalue weighted by Crippen LogP contribution is 2.37. The highest BCUT2D eigenvalue weighted by atomic mass is 15.2. The van der Waals surface area contributed by atoms with E-state index in [1.807, 2.05) is 0 Å². The SMILES string of the molecule is CCCNC1CC(C)CC(C)C1N(CC)C1CC1. The lowest BCUT2D eigenvalue weighted by Crippen LogP contribution is -2.57. The number of likely N-dealkylation sites (N-methyl/N-ethyl adjacent to an activating group) is 1. The average molecular weight is 252 g/mol. The Morgan fingerprint density at radius 3 is 2.39 bits per heavy atom. The monoisotopic (exact) mass is 252 g/mol. The zero-order valence-electron chi connectivity index (χ0n) is 12.8. The zero-order chi connectivity index (χ0) is 13.1. The van der Waals surface area contributed by atoms with E-state index in [1.54, 1.807) is 0 Å². The van der Waals surface area contributed by atoms with E-state index in [1.165, 1.54) is 45.2 Å². The van der Waals surface area contributed by atoms with Crippen molar-refractivity contribution in [2.45, 2.75) is 77.9 Å². The molecule has 2 nitrogen and oxygen atoms in total. The fourth-order valence-corrected chi connectivity index (χ4v) is 4.05. The van der Waals surface area contributed by atoms with Crippen molar-refractivity contribution in [1.29, 1.82) is 0 Å². The second-order valence-electron chi connectivity index (χ2n) is 6.67. The normalized spacial score (nSPS) is 37.2. The summed E-state index contributed by atoms with van der Waals surface area (Å²) >= 11 is 0. The van der Waals surface area contributed by atoms with Crippen LogP contribution in [0.5, 0.6) is 0 Å². The third-order valence-corrected chi connectivity index (χ3v) is 4.85. The van der Waals surface area contributed by atoms with E-state index < -0.39 is 0 Å². The molecule has 4 unspecified atom stereocenters. The van der Waals surface area contributed by atoms with E-state index in [0.717, 1.165) is 30.0 Å². The molecule has 2 heteroatoms. The van der Waals surface area contributed by atoms with Crippen LogP contribution in [0.3, 0.4) is 0 Å². The van der Waals surface area contributed by atoms with Gasteiger partial charge in [-0.2, -0.15) is 0 Å². The van der Waals surface area contributed by atoms with Crippen molar-refractivity contribution in [3.05, 3.63) is 0 Å². The molecular formula is C16H32N2. The van der Waals surface area contributed by atoms with Gasteiger partial charge >= 0.3 is 0 Å². The molecule has 0 heterocycles. The first-order valence-electron chi connectivity index (χ1n) is 8.16. The first-order chi connectivity index (χ1) is 8.67. The lowest BCUT2D eigenvalue weighted by molar-refractivity contribution is 0.0591. The Balaban J connectivity index is 2.04. The van der Waals surface area contributed by atoms with Crippen molar-refractivity contribution in [3.63, 3.8) is 0 Å². The number of hydrogen-bond donors (Lipinski definition) is 1. The number of hydrogen-bond acceptors (Lipinski definition) is 2. The predicted molar refractivity (Wildman–Crippen MR) is 78.8 cm³/mol. The number of nitrogens with zero attached hydrogens (tertiary/aromatic N) is 1. The Morgan fingerprint density at radius 2 is 1.83 bits per heavy atom. The zero-order valence-corrected chi connectivity index (χ0v) is 12.8. The summed E-state index contributed by atoms with van der Waals surface area (Å²) in [4.78, 5) is 2.81. The molecule has 0 aromatic rings.